The van der Waals surface area contributed by atoms with Gasteiger partial charge in [0.25, 0.3) is 5.91 Å². The first-order valence-corrected chi connectivity index (χ1v) is 8.89. The molecule has 3 aromatic carbocycles. The zero-order valence-corrected chi connectivity index (χ0v) is 16.4. The van der Waals surface area contributed by atoms with E-state index in [4.69, 9.17) is 14.2 Å². The molecule has 0 unspecified atom stereocenters. The number of carbonyl (C=O) groups is 2. The summed E-state index contributed by atoms with van der Waals surface area (Å²) >= 11 is 0. The molecular weight excluding hydrogens is 370 g/mol. The van der Waals surface area contributed by atoms with Crippen molar-refractivity contribution in [1.29, 1.82) is 0 Å². The molecule has 0 atom stereocenters. The predicted octanol–water partition coefficient (Wildman–Crippen LogP) is 4.41. The predicted molar refractivity (Wildman–Crippen MR) is 111 cm³/mol. The van der Waals surface area contributed by atoms with Crippen molar-refractivity contribution in [2.45, 2.75) is 0 Å². The van der Waals surface area contributed by atoms with Crippen LogP contribution in [0.5, 0.6) is 11.5 Å². The van der Waals surface area contributed by atoms with Gasteiger partial charge in [-0.2, -0.15) is 0 Å². The van der Waals surface area contributed by atoms with Crippen LogP contribution in [0.3, 0.4) is 0 Å². The van der Waals surface area contributed by atoms with Gasteiger partial charge in [0, 0.05) is 17.7 Å². The smallest absolute Gasteiger partial charge is 0.340 e. The van der Waals surface area contributed by atoms with Crippen LogP contribution in [0.2, 0.25) is 0 Å². The van der Waals surface area contributed by atoms with E-state index in [1.54, 1.807) is 12.1 Å². The number of carbonyl (C=O) groups excluding carboxylic acids is 2. The van der Waals surface area contributed by atoms with E-state index >= 15 is 0 Å². The third kappa shape index (κ3) is 4.21. The summed E-state index contributed by atoms with van der Waals surface area (Å²) in [4.78, 5) is 25.3. The third-order valence-corrected chi connectivity index (χ3v) is 4.43. The summed E-state index contributed by atoms with van der Waals surface area (Å²) in [6.45, 7) is 0. The molecule has 0 heterocycles. The summed E-state index contributed by atoms with van der Waals surface area (Å²) in [5.74, 6) is -0.221. The average Bonchev–Trinajstić information content (AvgIpc) is 2.78. The van der Waals surface area contributed by atoms with Crippen molar-refractivity contribution in [3.8, 4) is 22.6 Å². The van der Waals surface area contributed by atoms with E-state index in [-0.39, 0.29) is 17.2 Å². The van der Waals surface area contributed by atoms with Crippen molar-refractivity contribution in [1.82, 2.24) is 0 Å². The zero-order valence-electron chi connectivity index (χ0n) is 16.4. The fourth-order valence-electron chi connectivity index (χ4n) is 3.00. The molecule has 0 aliphatic rings. The number of methoxy groups -OCH3 is 3. The molecule has 0 spiro atoms. The fraction of sp³-hybridized carbons (Fsp3) is 0.130. The van der Waals surface area contributed by atoms with Gasteiger partial charge in [0.15, 0.2) is 11.5 Å². The highest BCUT2D eigenvalue weighted by atomic mass is 16.5. The highest BCUT2D eigenvalue weighted by Crippen LogP contribution is 2.34. The first-order chi connectivity index (χ1) is 14.1. The summed E-state index contributed by atoms with van der Waals surface area (Å²) in [7, 11) is 4.22. The molecule has 0 aliphatic carbocycles. The van der Waals surface area contributed by atoms with Crippen LogP contribution in [0, 0.1) is 0 Å². The van der Waals surface area contributed by atoms with Crippen LogP contribution >= 0.6 is 0 Å². The van der Waals surface area contributed by atoms with Gasteiger partial charge in [-0.25, -0.2) is 4.79 Å². The minimum atomic E-state index is -0.599. The second kappa shape index (κ2) is 8.93. The van der Waals surface area contributed by atoms with Crippen LogP contribution in [-0.4, -0.2) is 33.2 Å². The lowest BCUT2D eigenvalue weighted by molar-refractivity contribution is 0.0601. The second-order valence-corrected chi connectivity index (χ2v) is 6.11. The average molecular weight is 391 g/mol. The molecule has 1 amide bonds. The SMILES string of the molecule is COC(=O)c1cc(OC)c(OC)cc1NC(=O)c1ccccc1-c1ccccc1. The summed E-state index contributed by atoms with van der Waals surface area (Å²) in [6.07, 6.45) is 0. The number of rotatable bonds is 6. The van der Waals surface area contributed by atoms with Crippen LogP contribution in [0.15, 0.2) is 66.7 Å². The molecule has 3 aromatic rings. The number of anilines is 1. The summed E-state index contributed by atoms with van der Waals surface area (Å²) in [5, 5.41) is 2.80. The molecule has 148 valence electrons. The third-order valence-electron chi connectivity index (χ3n) is 4.43. The molecular formula is C23H21NO5. The Labute approximate surface area is 169 Å². The van der Waals surface area contributed by atoms with E-state index in [0.717, 1.165) is 11.1 Å². The zero-order chi connectivity index (χ0) is 20.8. The van der Waals surface area contributed by atoms with Gasteiger partial charge in [-0.05, 0) is 17.2 Å². The maximum absolute atomic E-state index is 13.1. The number of amides is 1. The lowest BCUT2D eigenvalue weighted by Crippen LogP contribution is -2.16. The molecule has 0 saturated heterocycles. The van der Waals surface area contributed by atoms with Crippen LogP contribution in [-0.2, 0) is 4.74 Å². The number of nitrogens with one attached hydrogen (secondary N) is 1. The molecule has 1 N–H and O–H groups in total. The number of hydrogen-bond donors (Lipinski definition) is 1. The van der Waals surface area contributed by atoms with Crippen molar-refractivity contribution in [2.24, 2.45) is 0 Å². The summed E-state index contributed by atoms with van der Waals surface area (Å²) < 4.78 is 15.4. The molecule has 6 nitrogen and oxygen atoms in total. The Hall–Kier alpha value is -3.80. The maximum atomic E-state index is 13.1. The lowest BCUT2D eigenvalue weighted by Gasteiger charge is -2.15. The van der Waals surface area contributed by atoms with Gasteiger partial charge in [-0.15, -0.1) is 0 Å². The maximum Gasteiger partial charge on any atom is 0.340 e. The Morgan fingerprint density at radius 2 is 1.38 bits per heavy atom. The van der Waals surface area contributed by atoms with Gasteiger partial charge in [0.1, 0.15) is 0 Å². The molecule has 0 aliphatic heterocycles. The van der Waals surface area contributed by atoms with E-state index in [2.05, 4.69) is 5.32 Å². The first-order valence-electron chi connectivity index (χ1n) is 8.89. The van der Waals surface area contributed by atoms with Gasteiger partial charge < -0.3 is 19.5 Å². The number of esters is 1. The van der Waals surface area contributed by atoms with Gasteiger partial charge >= 0.3 is 5.97 Å². The number of hydrogen-bond acceptors (Lipinski definition) is 5. The molecule has 0 aromatic heterocycles. The standard InChI is InChI=1S/C23H21NO5/c1-27-20-13-18(23(26)29-3)19(14-21(20)28-2)24-22(25)17-12-8-7-11-16(17)15-9-5-4-6-10-15/h4-14H,1-3H3,(H,24,25). The van der Waals surface area contributed by atoms with Crippen LogP contribution in [0.4, 0.5) is 5.69 Å². The van der Waals surface area contributed by atoms with E-state index in [9.17, 15) is 9.59 Å². The van der Waals surface area contributed by atoms with Crippen LogP contribution < -0.4 is 14.8 Å². The Kier molecular flexibility index (Phi) is 6.14. The van der Waals surface area contributed by atoms with Gasteiger partial charge in [0.05, 0.1) is 32.6 Å². The molecule has 0 bridgehead atoms. The largest absolute Gasteiger partial charge is 0.493 e. The molecule has 29 heavy (non-hydrogen) atoms. The normalized spacial score (nSPS) is 10.2. The highest BCUT2D eigenvalue weighted by Gasteiger charge is 2.20. The minimum absolute atomic E-state index is 0.163. The van der Waals surface area contributed by atoms with Gasteiger partial charge in [-0.3, -0.25) is 4.79 Å². The second-order valence-electron chi connectivity index (χ2n) is 6.11. The Bertz CT molecular complexity index is 1030. The quantitative estimate of drug-likeness (QED) is 0.630. The minimum Gasteiger partial charge on any atom is -0.493 e. The van der Waals surface area contributed by atoms with Crippen LogP contribution in [0.25, 0.3) is 11.1 Å². The van der Waals surface area contributed by atoms with Gasteiger partial charge in [-0.1, -0.05) is 48.5 Å². The number of benzene rings is 3. The van der Waals surface area contributed by atoms with Crippen molar-refractivity contribution in [3.05, 3.63) is 77.9 Å². The first kappa shape index (κ1) is 19.9. The summed E-state index contributed by atoms with van der Waals surface area (Å²) in [6, 6.07) is 19.9. The molecule has 3 rings (SSSR count). The topological polar surface area (TPSA) is 73.9 Å². The fourth-order valence-corrected chi connectivity index (χ4v) is 3.00. The van der Waals surface area contributed by atoms with Crippen molar-refractivity contribution in [3.63, 3.8) is 0 Å². The van der Waals surface area contributed by atoms with Crippen molar-refractivity contribution < 1.29 is 23.8 Å². The van der Waals surface area contributed by atoms with E-state index in [1.807, 2.05) is 42.5 Å². The Balaban J connectivity index is 2.03. The van der Waals surface area contributed by atoms with E-state index in [1.165, 1.54) is 33.5 Å². The monoisotopic (exact) mass is 391 g/mol. The Morgan fingerprint density at radius 1 is 0.759 bits per heavy atom. The molecule has 0 saturated carbocycles. The molecule has 6 heteroatoms. The van der Waals surface area contributed by atoms with E-state index < -0.39 is 5.97 Å². The lowest BCUT2D eigenvalue weighted by atomic mass is 9.99. The van der Waals surface area contributed by atoms with E-state index in [0.29, 0.717) is 17.1 Å². The van der Waals surface area contributed by atoms with Crippen LogP contribution in [0.1, 0.15) is 20.7 Å². The van der Waals surface area contributed by atoms with Gasteiger partial charge in [0.2, 0.25) is 0 Å². The van der Waals surface area contributed by atoms with Crippen molar-refractivity contribution >= 4 is 17.6 Å². The van der Waals surface area contributed by atoms with Crippen molar-refractivity contribution in [2.75, 3.05) is 26.6 Å². The molecule has 0 radical (unpaired) electrons. The highest BCUT2D eigenvalue weighted by molar-refractivity contribution is 6.11. The number of ether oxygens (including phenoxy) is 3. The summed E-state index contributed by atoms with van der Waals surface area (Å²) in [5.41, 5.74) is 2.60. The molecule has 0 fully saturated rings. The Morgan fingerprint density at radius 3 is 2.03 bits per heavy atom.